The van der Waals surface area contributed by atoms with E-state index < -0.39 is 0 Å². The molecule has 2 heterocycles. The van der Waals surface area contributed by atoms with Gasteiger partial charge in [0.05, 0.1) is 0 Å². The summed E-state index contributed by atoms with van der Waals surface area (Å²) in [6.07, 6.45) is 3.36. The van der Waals surface area contributed by atoms with E-state index in [9.17, 15) is 4.79 Å². The Morgan fingerprint density at radius 3 is 2.67 bits per heavy atom. The van der Waals surface area contributed by atoms with Crippen molar-refractivity contribution in [2.75, 3.05) is 0 Å². The molecule has 0 spiro atoms. The van der Waals surface area contributed by atoms with Crippen LogP contribution in [0.25, 0.3) is 0 Å². The van der Waals surface area contributed by atoms with E-state index in [1.54, 1.807) is 23.7 Å². The van der Waals surface area contributed by atoms with Crippen molar-refractivity contribution in [1.82, 2.24) is 4.98 Å². The molecule has 0 amide bonds. The summed E-state index contributed by atoms with van der Waals surface area (Å²) in [5.74, 6) is 0.0601. The Bertz CT molecular complexity index is 502. The Balaban J connectivity index is 2.41. The average molecular weight is 217 g/mol. The second kappa shape index (κ2) is 3.95. The van der Waals surface area contributed by atoms with Gasteiger partial charge in [-0.15, -0.1) is 0 Å². The molecule has 0 fully saturated rings. The van der Waals surface area contributed by atoms with Crippen LogP contribution in [0.5, 0.6) is 0 Å². The predicted octanol–water partition coefficient (Wildman–Crippen LogP) is 2.99. The fourth-order valence-corrected chi connectivity index (χ4v) is 2.26. The average Bonchev–Trinajstić information content (AvgIpc) is 2.63. The Morgan fingerprint density at radius 1 is 1.27 bits per heavy atom. The topological polar surface area (TPSA) is 30.0 Å². The van der Waals surface area contributed by atoms with Crippen LogP contribution in [0.2, 0.25) is 0 Å². The summed E-state index contributed by atoms with van der Waals surface area (Å²) in [4.78, 5) is 16.1. The van der Waals surface area contributed by atoms with Crippen molar-refractivity contribution in [3.8, 4) is 0 Å². The highest BCUT2D eigenvalue weighted by atomic mass is 32.1. The molecule has 2 rings (SSSR count). The lowest BCUT2D eigenvalue weighted by atomic mass is 10.0. The lowest BCUT2D eigenvalue weighted by Gasteiger charge is -2.00. The van der Waals surface area contributed by atoms with Gasteiger partial charge in [0.2, 0.25) is 0 Å². The number of carbonyl (C=O) groups is 1. The van der Waals surface area contributed by atoms with Crippen LogP contribution in [-0.4, -0.2) is 10.8 Å². The summed E-state index contributed by atoms with van der Waals surface area (Å²) >= 11 is 1.55. The summed E-state index contributed by atoms with van der Waals surface area (Å²) in [6.45, 7) is 3.89. The highest BCUT2D eigenvalue weighted by Gasteiger charge is 2.12. The van der Waals surface area contributed by atoms with Crippen LogP contribution in [0, 0.1) is 13.8 Å². The lowest BCUT2D eigenvalue weighted by molar-refractivity contribution is 0.103. The zero-order valence-corrected chi connectivity index (χ0v) is 9.47. The molecular formula is C12H11NOS. The fraction of sp³-hybridized carbons (Fsp3) is 0.167. The number of thiophene rings is 1. The molecule has 2 aromatic rings. The number of ketones is 1. The number of carbonyl (C=O) groups excluding carboxylic acids is 1. The first-order chi connectivity index (χ1) is 7.18. The van der Waals surface area contributed by atoms with Crippen LogP contribution in [-0.2, 0) is 0 Å². The second-order valence-electron chi connectivity index (χ2n) is 3.55. The first kappa shape index (κ1) is 10.1. The molecule has 0 aliphatic rings. The minimum absolute atomic E-state index is 0.0601. The highest BCUT2D eigenvalue weighted by molar-refractivity contribution is 7.08. The van der Waals surface area contributed by atoms with Crippen molar-refractivity contribution >= 4 is 17.1 Å². The fourth-order valence-electron chi connectivity index (χ4n) is 1.43. The summed E-state index contributed by atoms with van der Waals surface area (Å²) in [7, 11) is 0. The van der Waals surface area contributed by atoms with Gasteiger partial charge < -0.3 is 0 Å². The minimum Gasteiger partial charge on any atom is -0.289 e. The Labute approximate surface area is 92.6 Å². The SMILES string of the molecule is Cc1cncc(C(=O)c2cscc2C)c1. The van der Waals surface area contributed by atoms with Crippen molar-refractivity contribution in [3.05, 3.63) is 51.5 Å². The summed E-state index contributed by atoms with van der Waals surface area (Å²) in [5, 5.41) is 3.87. The van der Waals surface area contributed by atoms with Gasteiger partial charge >= 0.3 is 0 Å². The third kappa shape index (κ3) is 1.97. The largest absolute Gasteiger partial charge is 0.289 e. The molecule has 2 aromatic heterocycles. The van der Waals surface area contributed by atoms with Crippen LogP contribution in [0.15, 0.2) is 29.2 Å². The van der Waals surface area contributed by atoms with Crippen LogP contribution < -0.4 is 0 Å². The first-order valence-corrected chi connectivity index (χ1v) is 5.62. The normalized spacial score (nSPS) is 10.3. The molecule has 2 nitrogen and oxygen atoms in total. The van der Waals surface area contributed by atoms with Crippen molar-refractivity contribution < 1.29 is 4.79 Å². The number of aromatic nitrogens is 1. The minimum atomic E-state index is 0.0601. The van der Waals surface area contributed by atoms with Crippen molar-refractivity contribution in [2.24, 2.45) is 0 Å². The van der Waals surface area contributed by atoms with Crippen LogP contribution >= 0.6 is 11.3 Å². The Morgan fingerprint density at radius 2 is 2.07 bits per heavy atom. The maximum Gasteiger partial charge on any atom is 0.195 e. The van der Waals surface area contributed by atoms with E-state index >= 15 is 0 Å². The van der Waals surface area contributed by atoms with Gasteiger partial charge in [0.25, 0.3) is 0 Å². The monoisotopic (exact) mass is 217 g/mol. The van der Waals surface area contributed by atoms with Gasteiger partial charge in [0.15, 0.2) is 5.78 Å². The Hall–Kier alpha value is -1.48. The molecule has 0 aromatic carbocycles. The zero-order chi connectivity index (χ0) is 10.8. The standard InChI is InChI=1S/C12H11NOS/c1-8-3-10(5-13-4-8)12(14)11-7-15-6-9(11)2/h3-7H,1-2H3. The third-order valence-corrected chi connectivity index (χ3v) is 3.10. The highest BCUT2D eigenvalue weighted by Crippen LogP contribution is 2.18. The molecule has 15 heavy (non-hydrogen) atoms. The molecule has 0 N–H and O–H groups in total. The zero-order valence-electron chi connectivity index (χ0n) is 8.65. The number of pyridine rings is 1. The van der Waals surface area contributed by atoms with Crippen LogP contribution in [0.1, 0.15) is 27.0 Å². The van der Waals surface area contributed by atoms with Crippen molar-refractivity contribution in [2.45, 2.75) is 13.8 Å². The Kier molecular flexibility index (Phi) is 2.64. The maximum absolute atomic E-state index is 12.0. The predicted molar refractivity (Wildman–Crippen MR) is 61.5 cm³/mol. The van der Waals surface area contributed by atoms with Gasteiger partial charge in [0.1, 0.15) is 0 Å². The van der Waals surface area contributed by atoms with Crippen LogP contribution in [0.3, 0.4) is 0 Å². The van der Waals surface area contributed by atoms with Gasteiger partial charge in [-0.25, -0.2) is 0 Å². The second-order valence-corrected chi connectivity index (χ2v) is 4.29. The molecule has 0 unspecified atom stereocenters. The van der Waals surface area contributed by atoms with E-state index in [1.807, 2.05) is 30.7 Å². The van der Waals surface area contributed by atoms with E-state index in [1.165, 1.54) is 0 Å². The molecule has 0 saturated heterocycles. The first-order valence-electron chi connectivity index (χ1n) is 4.67. The van der Waals surface area contributed by atoms with Gasteiger partial charge in [-0.1, -0.05) is 0 Å². The molecule has 0 radical (unpaired) electrons. The number of hydrogen-bond acceptors (Lipinski definition) is 3. The van der Waals surface area contributed by atoms with E-state index in [0.29, 0.717) is 5.56 Å². The van der Waals surface area contributed by atoms with E-state index in [-0.39, 0.29) is 5.78 Å². The van der Waals surface area contributed by atoms with Gasteiger partial charge in [-0.3, -0.25) is 9.78 Å². The summed E-state index contributed by atoms with van der Waals surface area (Å²) in [6, 6.07) is 1.87. The molecular weight excluding hydrogens is 206 g/mol. The molecule has 0 aliphatic carbocycles. The molecule has 0 saturated carbocycles. The van der Waals surface area contributed by atoms with E-state index in [2.05, 4.69) is 4.98 Å². The van der Waals surface area contributed by atoms with Gasteiger partial charge in [0, 0.05) is 28.9 Å². The molecule has 0 aliphatic heterocycles. The summed E-state index contributed by atoms with van der Waals surface area (Å²) in [5.41, 5.74) is 3.49. The quantitative estimate of drug-likeness (QED) is 0.724. The van der Waals surface area contributed by atoms with Gasteiger partial charge in [-0.05, 0) is 36.4 Å². The smallest absolute Gasteiger partial charge is 0.195 e. The molecule has 0 atom stereocenters. The third-order valence-electron chi connectivity index (χ3n) is 2.24. The molecule has 76 valence electrons. The number of hydrogen-bond donors (Lipinski definition) is 0. The number of rotatable bonds is 2. The molecule has 3 heteroatoms. The van der Waals surface area contributed by atoms with E-state index in [0.717, 1.165) is 16.7 Å². The van der Waals surface area contributed by atoms with Gasteiger partial charge in [-0.2, -0.15) is 11.3 Å². The van der Waals surface area contributed by atoms with E-state index in [4.69, 9.17) is 0 Å². The lowest BCUT2D eigenvalue weighted by Crippen LogP contribution is -2.02. The van der Waals surface area contributed by atoms with Crippen molar-refractivity contribution in [3.63, 3.8) is 0 Å². The molecule has 0 bridgehead atoms. The van der Waals surface area contributed by atoms with Crippen LogP contribution in [0.4, 0.5) is 0 Å². The maximum atomic E-state index is 12.0. The van der Waals surface area contributed by atoms with Crippen molar-refractivity contribution in [1.29, 1.82) is 0 Å². The number of aryl methyl sites for hydroxylation is 2. The number of nitrogens with zero attached hydrogens (tertiary/aromatic N) is 1. The summed E-state index contributed by atoms with van der Waals surface area (Å²) < 4.78 is 0.